The second-order valence-corrected chi connectivity index (χ2v) is 6.89. The van der Waals surface area contributed by atoms with Crippen LogP contribution in [0.15, 0.2) is 36.4 Å². The van der Waals surface area contributed by atoms with Crippen LogP contribution in [0.25, 0.3) is 32.1 Å². The Hall–Kier alpha value is -4.99. The van der Waals surface area contributed by atoms with Gasteiger partial charge >= 0.3 is 0 Å². The number of rotatable bonds is 2. The van der Waals surface area contributed by atoms with Crippen molar-refractivity contribution in [1.82, 2.24) is 0 Å². The molecule has 0 spiro atoms. The van der Waals surface area contributed by atoms with Gasteiger partial charge in [0.15, 0.2) is 23.3 Å². The molecule has 3 aromatic rings. The van der Waals surface area contributed by atoms with E-state index in [0.717, 1.165) is 18.2 Å². The molecule has 0 saturated heterocycles. The third-order valence-electron chi connectivity index (χ3n) is 4.91. The van der Waals surface area contributed by atoms with E-state index in [1.807, 2.05) is 0 Å². The minimum atomic E-state index is -1.98. The molecule has 0 fully saturated rings. The zero-order valence-corrected chi connectivity index (χ0v) is 17.1. The number of nitrogens with zero attached hydrogens (tertiary/aromatic N) is 4. The van der Waals surface area contributed by atoms with Gasteiger partial charge in [-0.05, 0) is 29.3 Å². The van der Waals surface area contributed by atoms with E-state index in [2.05, 4.69) is 9.69 Å². The number of hydrogen-bond acceptors (Lipinski definition) is 2. The summed E-state index contributed by atoms with van der Waals surface area (Å²) in [4.78, 5) is 5.51. The third-order valence-corrected chi connectivity index (χ3v) is 4.91. The molecule has 3 aromatic carbocycles. The van der Waals surface area contributed by atoms with Crippen molar-refractivity contribution in [3.63, 3.8) is 0 Å². The van der Waals surface area contributed by atoms with Gasteiger partial charge in [0.25, 0.3) is 11.4 Å². The maximum Gasteiger partial charge on any atom is 0.268 e. The van der Waals surface area contributed by atoms with E-state index in [1.165, 1.54) is 24.3 Å². The predicted molar refractivity (Wildman–Crippen MR) is 112 cm³/mol. The summed E-state index contributed by atoms with van der Waals surface area (Å²) in [6.45, 7) is 15.5. The molecule has 0 atom stereocenters. The van der Waals surface area contributed by atoms with E-state index in [9.17, 15) is 32.5 Å². The first-order valence-corrected chi connectivity index (χ1v) is 9.26. The Morgan fingerprint density at radius 2 is 1.47 bits per heavy atom. The lowest BCUT2D eigenvalue weighted by molar-refractivity contribution is 0.457. The van der Waals surface area contributed by atoms with E-state index in [-0.39, 0.29) is 27.3 Å². The van der Waals surface area contributed by atoms with Crippen molar-refractivity contribution in [3.8, 4) is 23.3 Å². The van der Waals surface area contributed by atoms with Gasteiger partial charge in [0, 0.05) is 10.8 Å². The van der Waals surface area contributed by atoms with E-state index >= 15 is 0 Å². The largest absolute Gasteiger partial charge is 0.268 e. The highest BCUT2D eigenvalue weighted by Crippen LogP contribution is 2.33. The van der Waals surface area contributed by atoms with Crippen molar-refractivity contribution in [1.29, 1.82) is 10.5 Å². The quantitative estimate of drug-likeness (QED) is 0.301. The molecule has 0 heterocycles. The van der Waals surface area contributed by atoms with Gasteiger partial charge in [-0.15, -0.1) is 0 Å². The van der Waals surface area contributed by atoms with E-state index in [1.54, 1.807) is 13.0 Å². The molecular weight excluding hydrogens is 451 g/mol. The summed E-state index contributed by atoms with van der Waals surface area (Å²) < 4.78 is 72.8. The Labute approximate surface area is 190 Å². The molecule has 0 bridgehead atoms. The minimum Gasteiger partial charge on any atom is -0.232 e. The first-order chi connectivity index (χ1) is 16.2. The molecule has 3 rings (SSSR count). The van der Waals surface area contributed by atoms with Gasteiger partial charge in [-0.3, -0.25) is 0 Å². The minimum absolute atomic E-state index is 0.0233. The van der Waals surface area contributed by atoms with Gasteiger partial charge in [-0.1, -0.05) is 30.3 Å². The maximum absolute atomic E-state index is 14.8. The molecule has 0 amide bonds. The second kappa shape index (κ2) is 9.25. The number of halogens is 5. The molecule has 9 heteroatoms. The van der Waals surface area contributed by atoms with Crippen LogP contribution < -0.4 is 10.4 Å². The van der Waals surface area contributed by atoms with Gasteiger partial charge in [-0.25, -0.2) is 36.9 Å². The molecule has 0 aliphatic carbocycles. The van der Waals surface area contributed by atoms with Crippen LogP contribution in [0.4, 0.5) is 27.6 Å². The molecule has 0 saturated carbocycles. The lowest BCUT2D eigenvalue weighted by Crippen LogP contribution is -2.18. The van der Waals surface area contributed by atoms with Gasteiger partial charge < -0.3 is 0 Å². The summed E-state index contributed by atoms with van der Waals surface area (Å²) in [6.07, 6.45) is 0. The van der Waals surface area contributed by atoms with Crippen molar-refractivity contribution in [2.24, 2.45) is 0 Å². The lowest BCUT2D eigenvalue weighted by atomic mass is 9.94. The van der Waals surface area contributed by atoms with E-state index < -0.39 is 45.9 Å². The molecule has 34 heavy (non-hydrogen) atoms. The van der Waals surface area contributed by atoms with Crippen molar-refractivity contribution in [2.45, 2.75) is 6.92 Å². The first-order valence-electron chi connectivity index (χ1n) is 9.26. The lowest BCUT2D eigenvalue weighted by Gasteiger charge is -2.11. The highest BCUT2D eigenvalue weighted by atomic mass is 19.2. The van der Waals surface area contributed by atoms with Crippen LogP contribution in [-0.2, 0) is 0 Å². The average molecular weight is 460 g/mol. The first kappa shape index (κ1) is 23.7. The highest BCUT2D eigenvalue weighted by Gasteiger charge is 2.28. The molecule has 0 radical (unpaired) electrons. The fourth-order valence-electron chi connectivity index (χ4n) is 3.31. The molecular formula is C25H9F5N4. The van der Waals surface area contributed by atoms with Gasteiger partial charge in [-0.2, -0.15) is 5.26 Å². The predicted octanol–water partition coefficient (Wildman–Crippen LogP) is 5.18. The van der Waals surface area contributed by atoms with E-state index in [0.29, 0.717) is 5.56 Å². The van der Waals surface area contributed by atoms with Crippen LogP contribution in [0.2, 0.25) is 0 Å². The summed E-state index contributed by atoms with van der Waals surface area (Å²) >= 11 is 0. The molecule has 0 N–H and O–H groups in total. The molecule has 0 aromatic heterocycles. The van der Waals surface area contributed by atoms with E-state index in [4.69, 9.17) is 13.1 Å². The standard InChI is InChI=1S/C25H9F5N4/c1-12-4-6-15(18(26)8-12)16-9-13(19(11-32)33-2)5-7-14(16)17(10-31)20-21(27)23(29)25(34-3)24(30)22(20)28/h4-9H,1H3/b17-14+,19-13+. The van der Waals surface area contributed by atoms with Gasteiger partial charge in [0.1, 0.15) is 11.9 Å². The maximum atomic E-state index is 14.8. The Balaban J connectivity index is 2.63. The van der Waals surface area contributed by atoms with Crippen molar-refractivity contribution >= 4 is 17.0 Å². The van der Waals surface area contributed by atoms with Crippen molar-refractivity contribution < 1.29 is 22.0 Å². The van der Waals surface area contributed by atoms with Crippen LogP contribution in [0.5, 0.6) is 0 Å². The summed E-state index contributed by atoms with van der Waals surface area (Å²) in [5, 5.41) is 18.6. The number of nitriles is 2. The number of aryl methyl sites for hydroxylation is 1. The second-order valence-electron chi connectivity index (χ2n) is 6.89. The van der Waals surface area contributed by atoms with Crippen LogP contribution in [-0.4, -0.2) is 0 Å². The van der Waals surface area contributed by atoms with Gasteiger partial charge in [0.05, 0.1) is 30.4 Å². The molecule has 4 nitrogen and oxygen atoms in total. The van der Waals surface area contributed by atoms with Crippen molar-refractivity contribution in [2.75, 3.05) is 0 Å². The monoisotopic (exact) mass is 460 g/mol. The van der Waals surface area contributed by atoms with Crippen LogP contribution in [0.3, 0.4) is 0 Å². The SMILES string of the molecule is [C-]#[N+]/C(C#N)=c1\cc/c(=C(/C#N)c2c(F)c(F)c([N+]#[C-])c(F)c2F)c(-c2ccc(C)cc2F)c1. The number of benzene rings is 3. The summed E-state index contributed by atoms with van der Waals surface area (Å²) in [7, 11) is 0. The normalized spacial score (nSPS) is 12.1. The highest BCUT2D eigenvalue weighted by molar-refractivity contribution is 5.83. The van der Waals surface area contributed by atoms with Gasteiger partial charge in [0.2, 0.25) is 0 Å². The van der Waals surface area contributed by atoms with Crippen LogP contribution >= 0.6 is 0 Å². The fraction of sp³-hybridized carbons (Fsp3) is 0.0400. The van der Waals surface area contributed by atoms with Crippen LogP contribution in [0.1, 0.15) is 11.1 Å². The molecule has 0 aliphatic heterocycles. The Kier molecular flexibility index (Phi) is 6.44. The molecule has 0 aliphatic rings. The third kappa shape index (κ3) is 3.84. The van der Waals surface area contributed by atoms with Crippen LogP contribution in [0, 0.1) is 71.8 Å². The molecule has 164 valence electrons. The summed E-state index contributed by atoms with van der Waals surface area (Å²) in [5.41, 5.74) is -3.93. The number of hydrogen-bond donors (Lipinski definition) is 0. The summed E-state index contributed by atoms with van der Waals surface area (Å²) in [5.74, 6) is -8.69. The fourth-order valence-corrected chi connectivity index (χ4v) is 3.31. The topological polar surface area (TPSA) is 56.3 Å². The van der Waals surface area contributed by atoms with Crippen molar-refractivity contribution in [3.05, 3.63) is 110 Å². The molecule has 0 unspecified atom stereocenters. The zero-order valence-electron chi connectivity index (χ0n) is 17.1. The zero-order chi connectivity index (χ0) is 25.2. The Morgan fingerprint density at radius 3 is 1.97 bits per heavy atom. The smallest absolute Gasteiger partial charge is 0.232 e. The summed E-state index contributed by atoms with van der Waals surface area (Å²) in [6, 6.07) is 10.5. The Morgan fingerprint density at radius 1 is 0.824 bits per heavy atom. The average Bonchev–Trinajstić information content (AvgIpc) is 2.82. The Bertz CT molecular complexity index is 1620.